The van der Waals surface area contributed by atoms with Gasteiger partial charge in [0.1, 0.15) is 0 Å². The minimum absolute atomic E-state index is 0.403. The Hall–Kier alpha value is 0.310. The Morgan fingerprint density at radius 3 is 2.40 bits per heavy atom. The number of hydrogen-bond acceptors (Lipinski definition) is 1. The number of nitrogens with zero attached hydrogens (tertiary/aromatic N) is 1. The summed E-state index contributed by atoms with van der Waals surface area (Å²) in [7, 11) is 0. The lowest BCUT2D eigenvalue weighted by Gasteiger charge is -2.30. The third kappa shape index (κ3) is 2.17. The van der Waals surface area contributed by atoms with Crippen molar-refractivity contribution in [1.82, 2.24) is 4.90 Å². The molecule has 1 aliphatic rings. The highest BCUT2D eigenvalue weighted by Gasteiger charge is 2.15. The van der Waals surface area contributed by atoms with Gasteiger partial charge in [0.15, 0.2) is 0 Å². The fourth-order valence-corrected chi connectivity index (χ4v) is 1.68. The van der Waals surface area contributed by atoms with E-state index in [1.54, 1.807) is 0 Å². The Kier molecular flexibility index (Phi) is 3.57. The zero-order valence-corrected chi connectivity index (χ0v) is 7.49. The molecule has 1 heterocycles. The first kappa shape index (κ1) is 8.41. The highest BCUT2D eigenvalue weighted by atomic mass is 32.1. The van der Waals surface area contributed by atoms with Gasteiger partial charge in [-0.15, -0.1) is 0 Å². The van der Waals surface area contributed by atoms with Crippen molar-refractivity contribution in [3.05, 3.63) is 0 Å². The molecule has 0 aromatic carbocycles. The van der Waals surface area contributed by atoms with Gasteiger partial charge in [-0.1, -0.05) is 26.0 Å². The second-order valence-corrected chi connectivity index (χ2v) is 3.50. The Balaban J connectivity index is 2.24. The standard InChI is InChI=1S/C8H16NS/c1-2-8(10)9-6-4-3-5-7-9/h8H,2-7H2,1H3. The number of likely N-dealkylation sites (tertiary alicyclic amines) is 1. The van der Waals surface area contributed by atoms with E-state index in [0.29, 0.717) is 5.37 Å². The Labute approximate surface area is 69.2 Å². The van der Waals surface area contributed by atoms with E-state index in [-0.39, 0.29) is 0 Å². The van der Waals surface area contributed by atoms with Gasteiger partial charge in [-0.2, -0.15) is 0 Å². The predicted octanol–water partition coefficient (Wildman–Crippen LogP) is 2.41. The summed E-state index contributed by atoms with van der Waals surface area (Å²) >= 11 is 5.28. The van der Waals surface area contributed by atoms with Crippen LogP contribution in [0.4, 0.5) is 0 Å². The minimum atomic E-state index is 0.403. The van der Waals surface area contributed by atoms with Crippen LogP contribution in [0, 0.1) is 0 Å². The summed E-state index contributed by atoms with van der Waals surface area (Å²) in [5, 5.41) is 0.403. The SMILES string of the molecule is CCC([S])N1CCCCC1. The molecule has 1 radical (unpaired) electrons. The molecule has 1 aliphatic heterocycles. The minimum Gasteiger partial charge on any atom is -0.291 e. The molecule has 0 bridgehead atoms. The first-order valence-corrected chi connectivity index (χ1v) is 4.71. The maximum absolute atomic E-state index is 5.28. The third-order valence-corrected chi connectivity index (χ3v) is 2.78. The van der Waals surface area contributed by atoms with Gasteiger partial charge in [-0.25, -0.2) is 0 Å². The lowest BCUT2D eigenvalue weighted by atomic mass is 10.1. The lowest BCUT2D eigenvalue weighted by molar-refractivity contribution is 0.211. The molecule has 0 aromatic rings. The van der Waals surface area contributed by atoms with Crippen LogP contribution in [0.3, 0.4) is 0 Å². The van der Waals surface area contributed by atoms with Gasteiger partial charge in [-0.05, 0) is 32.4 Å². The topological polar surface area (TPSA) is 3.24 Å². The second kappa shape index (κ2) is 4.24. The molecule has 59 valence electrons. The molecule has 0 N–H and O–H groups in total. The van der Waals surface area contributed by atoms with E-state index in [9.17, 15) is 0 Å². The van der Waals surface area contributed by atoms with Crippen LogP contribution in [-0.2, 0) is 0 Å². The summed E-state index contributed by atoms with van der Waals surface area (Å²) in [5.74, 6) is 0. The highest BCUT2D eigenvalue weighted by Crippen LogP contribution is 2.15. The summed E-state index contributed by atoms with van der Waals surface area (Å²) in [5.41, 5.74) is 0. The van der Waals surface area contributed by atoms with Crippen LogP contribution < -0.4 is 0 Å². The van der Waals surface area contributed by atoms with Crippen LogP contribution in [0.2, 0.25) is 0 Å². The first-order valence-electron chi connectivity index (χ1n) is 4.24. The van der Waals surface area contributed by atoms with Crippen molar-refractivity contribution in [2.45, 2.75) is 38.0 Å². The summed E-state index contributed by atoms with van der Waals surface area (Å²) < 4.78 is 0. The smallest absolute Gasteiger partial charge is 0.0659 e. The molecule has 1 unspecified atom stereocenters. The summed E-state index contributed by atoms with van der Waals surface area (Å²) in [4.78, 5) is 2.43. The monoisotopic (exact) mass is 158 g/mol. The summed E-state index contributed by atoms with van der Waals surface area (Å²) in [6, 6.07) is 0. The van der Waals surface area contributed by atoms with Crippen LogP contribution in [0.1, 0.15) is 32.6 Å². The molecule has 1 rings (SSSR count). The molecule has 1 fully saturated rings. The third-order valence-electron chi connectivity index (χ3n) is 2.15. The van der Waals surface area contributed by atoms with E-state index in [4.69, 9.17) is 12.6 Å². The van der Waals surface area contributed by atoms with Crippen molar-refractivity contribution < 1.29 is 0 Å². The molecule has 0 spiro atoms. The fraction of sp³-hybridized carbons (Fsp3) is 1.00. The van der Waals surface area contributed by atoms with Crippen molar-refractivity contribution >= 4 is 12.6 Å². The lowest BCUT2D eigenvalue weighted by Crippen LogP contribution is -2.35. The highest BCUT2D eigenvalue weighted by molar-refractivity contribution is 7.80. The van der Waals surface area contributed by atoms with Crippen LogP contribution in [0.25, 0.3) is 0 Å². The van der Waals surface area contributed by atoms with Gasteiger partial charge >= 0.3 is 0 Å². The average Bonchev–Trinajstić information content (AvgIpc) is 2.05. The Bertz CT molecular complexity index is 89.3. The van der Waals surface area contributed by atoms with Gasteiger partial charge in [0.25, 0.3) is 0 Å². The largest absolute Gasteiger partial charge is 0.291 e. The molecule has 0 amide bonds. The van der Waals surface area contributed by atoms with E-state index < -0.39 is 0 Å². The quantitative estimate of drug-likeness (QED) is 0.596. The summed E-state index contributed by atoms with van der Waals surface area (Å²) in [6.07, 6.45) is 5.23. The van der Waals surface area contributed by atoms with Gasteiger partial charge in [-0.3, -0.25) is 4.90 Å². The Morgan fingerprint density at radius 1 is 1.30 bits per heavy atom. The molecule has 1 saturated heterocycles. The van der Waals surface area contributed by atoms with Gasteiger partial charge in [0, 0.05) is 0 Å². The summed E-state index contributed by atoms with van der Waals surface area (Å²) in [6.45, 7) is 4.65. The van der Waals surface area contributed by atoms with Crippen LogP contribution >= 0.6 is 12.6 Å². The van der Waals surface area contributed by atoms with Crippen LogP contribution in [-0.4, -0.2) is 23.4 Å². The maximum Gasteiger partial charge on any atom is 0.0659 e. The van der Waals surface area contributed by atoms with Gasteiger partial charge in [0.2, 0.25) is 0 Å². The van der Waals surface area contributed by atoms with E-state index in [2.05, 4.69) is 11.8 Å². The van der Waals surface area contributed by atoms with E-state index in [0.717, 1.165) is 6.42 Å². The van der Waals surface area contributed by atoms with E-state index in [1.807, 2.05) is 0 Å². The molecule has 2 heteroatoms. The van der Waals surface area contributed by atoms with Crippen LogP contribution in [0.15, 0.2) is 0 Å². The average molecular weight is 158 g/mol. The second-order valence-electron chi connectivity index (χ2n) is 2.96. The fourth-order valence-electron chi connectivity index (χ4n) is 1.46. The van der Waals surface area contributed by atoms with Crippen molar-refractivity contribution in [3.63, 3.8) is 0 Å². The van der Waals surface area contributed by atoms with Crippen molar-refractivity contribution in [2.75, 3.05) is 13.1 Å². The maximum atomic E-state index is 5.28. The molecular weight excluding hydrogens is 142 g/mol. The van der Waals surface area contributed by atoms with Gasteiger partial charge in [0.05, 0.1) is 5.37 Å². The molecule has 1 atom stereocenters. The predicted molar refractivity (Wildman–Crippen MR) is 47.1 cm³/mol. The van der Waals surface area contributed by atoms with Crippen molar-refractivity contribution in [1.29, 1.82) is 0 Å². The van der Waals surface area contributed by atoms with Crippen molar-refractivity contribution in [2.24, 2.45) is 0 Å². The molecule has 0 aromatic heterocycles. The normalized spacial score (nSPS) is 24.6. The molecule has 0 saturated carbocycles. The van der Waals surface area contributed by atoms with Gasteiger partial charge < -0.3 is 0 Å². The molecule has 1 nitrogen and oxygen atoms in total. The molecular formula is C8H16NS. The Morgan fingerprint density at radius 2 is 1.90 bits per heavy atom. The van der Waals surface area contributed by atoms with Crippen molar-refractivity contribution in [3.8, 4) is 0 Å². The zero-order chi connectivity index (χ0) is 7.40. The molecule has 0 aliphatic carbocycles. The molecule has 10 heavy (non-hydrogen) atoms. The first-order chi connectivity index (χ1) is 4.84. The van der Waals surface area contributed by atoms with E-state index in [1.165, 1.54) is 32.4 Å². The zero-order valence-electron chi connectivity index (χ0n) is 6.68. The number of rotatable bonds is 2. The van der Waals surface area contributed by atoms with Crippen LogP contribution in [0.5, 0.6) is 0 Å². The number of piperidine rings is 1. The van der Waals surface area contributed by atoms with E-state index >= 15 is 0 Å². The number of hydrogen-bond donors (Lipinski definition) is 0.